The number of ether oxygens (including phenoxy) is 1. The summed E-state index contributed by atoms with van der Waals surface area (Å²) >= 11 is 1.13. The summed E-state index contributed by atoms with van der Waals surface area (Å²) < 4.78 is 5.91. The fraction of sp³-hybridized carbons (Fsp3) is 0.150. The van der Waals surface area contributed by atoms with Crippen molar-refractivity contribution in [2.45, 2.75) is 20.5 Å². The number of para-hydroxylation sites is 1. The first-order valence-corrected chi connectivity index (χ1v) is 9.18. The summed E-state index contributed by atoms with van der Waals surface area (Å²) in [6.45, 7) is 4.24. The predicted molar refractivity (Wildman–Crippen MR) is 108 cm³/mol. The third-order valence-electron chi connectivity index (χ3n) is 3.78. The van der Waals surface area contributed by atoms with Gasteiger partial charge in [-0.1, -0.05) is 53.3 Å². The molecule has 6 nitrogen and oxygen atoms in total. The van der Waals surface area contributed by atoms with Crippen molar-refractivity contribution >= 4 is 28.6 Å². The van der Waals surface area contributed by atoms with Gasteiger partial charge in [0.15, 0.2) is 5.13 Å². The molecule has 0 saturated carbocycles. The van der Waals surface area contributed by atoms with E-state index in [1.165, 1.54) is 5.56 Å². The van der Waals surface area contributed by atoms with E-state index >= 15 is 0 Å². The molecule has 0 radical (unpaired) electrons. The van der Waals surface area contributed by atoms with E-state index < -0.39 is 0 Å². The largest absolute Gasteiger partial charge is 0.488 e. The molecule has 0 saturated heterocycles. The average molecular weight is 380 g/mol. The fourth-order valence-corrected chi connectivity index (χ4v) is 3.24. The Kier molecular flexibility index (Phi) is 5.83. The first-order chi connectivity index (χ1) is 13.0. The van der Waals surface area contributed by atoms with Gasteiger partial charge in [-0.05, 0) is 31.5 Å². The number of nitrogens with one attached hydrogen (secondary N) is 1. The minimum atomic E-state index is -0.337. The van der Waals surface area contributed by atoms with Gasteiger partial charge in [-0.25, -0.2) is 10.4 Å². The zero-order chi connectivity index (χ0) is 19.2. The number of hydrogen-bond donors (Lipinski definition) is 2. The van der Waals surface area contributed by atoms with Crippen LogP contribution in [0.3, 0.4) is 0 Å². The molecule has 0 aliphatic carbocycles. The normalized spacial score (nSPS) is 10.9. The molecule has 138 valence electrons. The lowest BCUT2D eigenvalue weighted by atomic mass is 10.1. The lowest BCUT2D eigenvalue weighted by Crippen LogP contribution is -2.17. The van der Waals surface area contributed by atoms with Crippen LogP contribution in [0.1, 0.15) is 32.1 Å². The molecular weight excluding hydrogens is 360 g/mol. The lowest BCUT2D eigenvalue weighted by Gasteiger charge is -2.09. The number of nitrogens with two attached hydrogens (primary N) is 1. The van der Waals surface area contributed by atoms with E-state index in [0.29, 0.717) is 28.1 Å². The standard InChI is InChI=1S/C20H20N4O2S/c1-13-6-5-7-15(10-13)12-26-17-9-4-3-8-16(17)11-22-24-19(25)18-14(2)23-20(21)27-18/h3-11H,12H2,1-2H3,(H2,21,23)(H,24,25)/b22-11-. The monoisotopic (exact) mass is 380 g/mol. The molecule has 0 aliphatic heterocycles. The SMILES string of the molecule is Cc1cccc(COc2ccccc2/C=N\NC(=O)c2sc(N)nc2C)c1. The molecule has 2 aromatic carbocycles. The first-order valence-electron chi connectivity index (χ1n) is 8.36. The van der Waals surface area contributed by atoms with E-state index in [0.717, 1.165) is 22.5 Å². The van der Waals surface area contributed by atoms with Gasteiger partial charge in [0.05, 0.1) is 11.9 Å². The number of rotatable bonds is 6. The van der Waals surface area contributed by atoms with Crippen LogP contribution in [-0.4, -0.2) is 17.1 Å². The Morgan fingerprint density at radius 2 is 2.07 bits per heavy atom. The van der Waals surface area contributed by atoms with Crippen LogP contribution < -0.4 is 15.9 Å². The summed E-state index contributed by atoms with van der Waals surface area (Å²) in [6.07, 6.45) is 1.56. The summed E-state index contributed by atoms with van der Waals surface area (Å²) in [5.41, 5.74) is 11.8. The highest BCUT2D eigenvalue weighted by Crippen LogP contribution is 2.20. The van der Waals surface area contributed by atoms with Crippen LogP contribution in [0, 0.1) is 13.8 Å². The predicted octanol–water partition coefficient (Wildman–Crippen LogP) is 3.69. The van der Waals surface area contributed by atoms with Crippen LogP contribution in [0.5, 0.6) is 5.75 Å². The van der Waals surface area contributed by atoms with E-state index in [-0.39, 0.29) is 5.91 Å². The van der Waals surface area contributed by atoms with Gasteiger partial charge in [0.25, 0.3) is 5.91 Å². The number of carbonyl (C=O) groups excluding carboxylic acids is 1. The zero-order valence-corrected chi connectivity index (χ0v) is 15.9. The highest BCUT2D eigenvalue weighted by Gasteiger charge is 2.13. The highest BCUT2D eigenvalue weighted by molar-refractivity contribution is 7.17. The molecule has 0 fully saturated rings. The van der Waals surface area contributed by atoms with Gasteiger partial charge in [0, 0.05) is 5.56 Å². The topological polar surface area (TPSA) is 89.6 Å². The van der Waals surface area contributed by atoms with Crippen LogP contribution in [0.2, 0.25) is 0 Å². The van der Waals surface area contributed by atoms with Gasteiger partial charge >= 0.3 is 0 Å². The van der Waals surface area contributed by atoms with Crippen molar-refractivity contribution in [3.05, 3.63) is 75.8 Å². The molecule has 1 heterocycles. The Bertz CT molecular complexity index is 982. The minimum Gasteiger partial charge on any atom is -0.488 e. The van der Waals surface area contributed by atoms with Gasteiger partial charge in [0.1, 0.15) is 17.2 Å². The molecule has 7 heteroatoms. The summed E-state index contributed by atoms with van der Waals surface area (Å²) in [5.74, 6) is 0.353. The summed E-state index contributed by atoms with van der Waals surface area (Å²) in [6, 6.07) is 15.7. The Morgan fingerprint density at radius 3 is 2.81 bits per heavy atom. The van der Waals surface area contributed by atoms with Crippen LogP contribution in [0.25, 0.3) is 0 Å². The second-order valence-corrected chi connectivity index (χ2v) is 7.01. The third-order valence-corrected chi connectivity index (χ3v) is 4.77. The number of aromatic nitrogens is 1. The molecule has 1 amide bonds. The maximum absolute atomic E-state index is 12.2. The maximum atomic E-state index is 12.2. The molecule has 0 spiro atoms. The van der Waals surface area contributed by atoms with Crippen LogP contribution in [-0.2, 0) is 6.61 Å². The molecule has 0 atom stereocenters. The molecule has 3 rings (SSSR count). The second kappa shape index (κ2) is 8.46. The van der Waals surface area contributed by atoms with E-state index in [4.69, 9.17) is 10.5 Å². The summed E-state index contributed by atoms with van der Waals surface area (Å²) in [5, 5.41) is 4.39. The number of hydrazone groups is 1. The zero-order valence-electron chi connectivity index (χ0n) is 15.1. The van der Waals surface area contributed by atoms with E-state index in [1.54, 1.807) is 13.1 Å². The molecular formula is C20H20N4O2S. The fourth-order valence-electron chi connectivity index (χ4n) is 2.52. The number of hydrogen-bond acceptors (Lipinski definition) is 6. The van der Waals surface area contributed by atoms with Crippen molar-refractivity contribution in [1.29, 1.82) is 0 Å². The first kappa shape index (κ1) is 18.6. The lowest BCUT2D eigenvalue weighted by molar-refractivity contribution is 0.0958. The molecule has 27 heavy (non-hydrogen) atoms. The Morgan fingerprint density at radius 1 is 1.26 bits per heavy atom. The molecule has 3 N–H and O–H groups in total. The van der Waals surface area contributed by atoms with Gasteiger partial charge in [-0.3, -0.25) is 4.79 Å². The summed E-state index contributed by atoms with van der Waals surface area (Å²) in [4.78, 5) is 16.6. The maximum Gasteiger partial charge on any atom is 0.283 e. The third kappa shape index (κ3) is 4.92. The number of nitrogen functional groups attached to an aromatic ring is 1. The van der Waals surface area contributed by atoms with Gasteiger partial charge in [-0.15, -0.1) is 0 Å². The van der Waals surface area contributed by atoms with Crippen LogP contribution >= 0.6 is 11.3 Å². The van der Waals surface area contributed by atoms with E-state index in [2.05, 4.69) is 21.6 Å². The van der Waals surface area contributed by atoms with Gasteiger partial charge < -0.3 is 10.5 Å². The van der Waals surface area contributed by atoms with Crippen molar-refractivity contribution in [1.82, 2.24) is 10.4 Å². The highest BCUT2D eigenvalue weighted by atomic mass is 32.1. The number of carbonyl (C=O) groups is 1. The number of thiazole rings is 1. The summed E-state index contributed by atoms with van der Waals surface area (Å²) in [7, 11) is 0. The molecule has 3 aromatic rings. The van der Waals surface area contributed by atoms with E-state index in [1.807, 2.05) is 49.4 Å². The Hall–Kier alpha value is -3.19. The molecule has 0 bridgehead atoms. The molecule has 1 aromatic heterocycles. The second-order valence-electron chi connectivity index (χ2n) is 5.98. The van der Waals surface area contributed by atoms with Crippen molar-refractivity contribution in [2.75, 3.05) is 5.73 Å². The minimum absolute atomic E-state index is 0.337. The van der Waals surface area contributed by atoms with Crippen molar-refractivity contribution in [2.24, 2.45) is 5.10 Å². The average Bonchev–Trinajstić information content (AvgIpc) is 2.99. The number of benzene rings is 2. The smallest absolute Gasteiger partial charge is 0.283 e. The Labute approximate surface area is 161 Å². The molecule has 0 unspecified atom stereocenters. The van der Waals surface area contributed by atoms with Crippen molar-refractivity contribution in [3.63, 3.8) is 0 Å². The molecule has 0 aliphatic rings. The van der Waals surface area contributed by atoms with Gasteiger partial charge in [0.2, 0.25) is 0 Å². The quantitative estimate of drug-likeness (QED) is 0.504. The van der Waals surface area contributed by atoms with Crippen LogP contribution in [0.15, 0.2) is 53.6 Å². The van der Waals surface area contributed by atoms with Crippen LogP contribution in [0.4, 0.5) is 5.13 Å². The van der Waals surface area contributed by atoms with Gasteiger partial charge in [-0.2, -0.15) is 5.10 Å². The number of aryl methyl sites for hydroxylation is 2. The van der Waals surface area contributed by atoms with E-state index in [9.17, 15) is 4.79 Å². The Balaban J connectivity index is 1.65. The number of anilines is 1. The van der Waals surface area contributed by atoms with Crippen molar-refractivity contribution < 1.29 is 9.53 Å². The number of nitrogens with zero attached hydrogens (tertiary/aromatic N) is 2. The van der Waals surface area contributed by atoms with Crippen molar-refractivity contribution in [3.8, 4) is 5.75 Å². The number of amides is 1.